The molecule has 3 heterocycles. The summed E-state index contributed by atoms with van der Waals surface area (Å²) in [6.45, 7) is 6.02. The molecule has 2 aliphatic heterocycles. The molecule has 1 aromatic heterocycles. The largest absolute Gasteiger partial charge is 0.356 e. The highest BCUT2D eigenvalue weighted by molar-refractivity contribution is 7.99. The molecule has 0 atom stereocenters. The van der Waals surface area contributed by atoms with Crippen LogP contribution in [0.15, 0.2) is 11.2 Å². The van der Waals surface area contributed by atoms with Crippen LogP contribution in [0.2, 0.25) is 5.15 Å². The molecule has 23 heavy (non-hydrogen) atoms. The summed E-state index contributed by atoms with van der Waals surface area (Å²) < 4.78 is 0. The van der Waals surface area contributed by atoms with Crippen molar-refractivity contribution in [1.82, 2.24) is 14.9 Å². The van der Waals surface area contributed by atoms with Crippen LogP contribution in [0.5, 0.6) is 0 Å². The van der Waals surface area contributed by atoms with Gasteiger partial charge in [0.15, 0.2) is 5.16 Å². The Hall–Kier alpha value is -1.01. The van der Waals surface area contributed by atoms with Crippen molar-refractivity contribution in [3.05, 3.63) is 11.2 Å². The molecule has 0 aliphatic carbocycles. The highest BCUT2D eigenvalue weighted by Gasteiger charge is 2.21. The summed E-state index contributed by atoms with van der Waals surface area (Å²) in [6.07, 6.45) is 4.58. The first-order valence-electron chi connectivity index (χ1n) is 8.32. The molecule has 5 nitrogen and oxygen atoms in total. The molecule has 0 saturated carbocycles. The minimum absolute atomic E-state index is 0.174. The lowest BCUT2D eigenvalue weighted by Crippen LogP contribution is -2.38. The zero-order valence-electron chi connectivity index (χ0n) is 13.5. The number of thioether (sulfide) groups is 1. The van der Waals surface area contributed by atoms with E-state index in [-0.39, 0.29) is 5.91 Å². The fraction of sp³-hybridized carbons (Fsp3) is 0.688. The fourth-order valence-corrected chi connectivity index (χ4v) is 4.02. The van der Waals surface area contributed by atoms with Crippen molar-refractivity contribution in [2.45, 2.75) is 37.8 Å². The normalized spacial score (nSPS) is 19.4. The molecule has 2 saturated heterocycles. The third kappa shape index (κ3) is 4.51. The Morgan fingerprint density at radius 1 is 1.26 bits per heavy atom. The van der Waals surface area contributed by atoms with Gasteiger partial charge in [-0.2, -0.15) is 0 Å². The number of hydrogen-bond donors (Lipinski definition) is 0. The second-order valence-electron chi connectivity index (χ2n) is 6.38. The summed E-state index contributed by atoms with van der Waals surface area (Å²) in [4.78, 5) is 25.3. The summed E-state index contributed by atoms with van der Waals surface area (Å²) in [5.41, 5.74) is 0. The number of hydrogen-bond acceptors (Lipinski definition) is 5. The van der Waals surface area contributed by atoms with Crippen molar-refractivity contribution in [2.24, 2.45) is 5.92 Å². The van der Waals surface area contributed by atoms with Gasteiger partial charge in [0.2, 0.25) is 5.91 Å². The van der Waals surface area contributed by atoms with Crippen LogP contribution >= 0.6 is 23.4 Å². The second-order valence-corrected chi connectivity index (χ2v) is 7.71. The predicted octanol–water partition coefficient (Wildman–Crippen LogP) is 3.08. The van der Waals surface area contributed by atoms with Crippen LogP contribution in [0, 0.1) is 5.92 Å². The molecule has 126 valence electrons. The minimum Gasteiger partial charge on any atom is -0.356 e. The number of amides is 1. The molecule has 0 unspecified atom stereocenters. The van der Waals surface area contributed by atoms with Crippen molar-refractivity contribution in [3.63, 3.8) is 0 Å². The van der Waals surface area contributed by atoms with E-state index < -0.39 is 0 Å². The van der Waals surface area contributed by atoms with Crippen molar-refractivity contribution in [3.8, 4) is 0 Å². The maximum atomic E-state index is 12.3. The monoisotopic (exact) mass is 354 g/mol. The van der Waals surface area contributed by atoms with E-state index in [4.69, 9.17) is 11.6 Å². The predicted molar refractivity (Wildman–Crippen MR) is 94.2 cm³/mol. The highest BCUT2D eigenvalue weighted by Crippen LogP contribution is 2.25. The molecule has 3 rings (SSSR count). The quantitative estimate of drug-likeness (QED) is 0.472. The average Bonchev–Trinajstić information content (AvgIpc) is 3.07. The summed E-state index contributed by atoms with van der Waals surface area (Å²) in [5.74, 6) is 2.16. The van der Waals surface area contributed by atoms with Crippen LogP contribution in [-0.2, 0) is 4.79 Å². The fourth-order valence-electron chi connectivity index (χ4n) is 3.03. The smallest absolute Gasteiger partial charge is 0.233 e. The Labute approximate surface area is 146 Å². The van der Waals surface area contributed by atoms with Crippen LogP contribution in [0.1, 0.15) is 32.6 Å². The van der Waals surface area contributed by atoms with Crippen LogP contribution in [0.3, 0.4) is 0 Å². The summed E-state index contributed by atoms with van der Waals surface area (Å²) in [6, 6.07) is 1.81. The molecule has 1 aromatic rings. The van der Waals surface area contributed by atoms with Gasteiger partial charge in [-0.3, -0.25) is 4.79 Å². The van der Waals surface area contributed by atoms with Gasteiger partial charge < -0.3 is 9.80 Å². The maximum Gasteiger partial charge on any atom is 0.233 e. The minimum atomic E-state index is 0.174. The van der Waals surface area contributed by atoms with E-state index >= 15 is 0 Å². The SMILES string of the molecule is CC1CCN(C(=O)CSc2nc(Cl)cc(N3CCCC3)n2)CC1. The van der Waals surface area contributed by atoms with E-state index in [9.17, 15) is 4.79 Å². The molecule has 0 radical (unpaired) electrons. The Morgan fingerprint density at radius 2 is 1.96 bits per heavy atom. The van der Waals surface area contributed by atoms with E-state index in [2.05, 4.69) is 21.8 Å². The third-order valence-electron chi connectivity index (χ3n) is 4.55. The lowest BCUT2D eigenvalue weighted by atomic mass is 9.99. The molecular formula is C16H23ClN4OS. The van der Waals surface area contributed by atoms with Gasteiger partial charge >= 0.3 is 0 Å². The molecule has 0 bridgehead atoms. The Kier molecular flexibility index (Phi) is 5.64. The molecule has 7 heteroatoms. The second kappa shape index (κ2) is 7.71. The lowest BCUT2D eigenvalue weighted by molar-refractivity contribution is -0.129. The molecule has 0 N–H and O–H groups in total. The van der Waals surface area contributed by atoms with Gasteiger partial charge in [-0.25, -0.2) is 9.97 Å². The standard InChI is InChI=1S/C16H23ClN4OS/c1-12-4-8-21(9-5-12)15(22)11-23-16-18-13(17)10-14(19-16)20-6-2-3-7-20/h10,12H,2-9,11H2,1H3. The third-order valence-corrected chi connectivity index (χ3v) is 5.58. The molecule has 1 amide bonds. The number of anilines is 1. The topological polar surface area (TPSA) is 49.3 Å². The van der Waals surface area contributed by atoms with Crippen LogP contribution in [0.25, 0.3) is 0 Å². The first-order valence-corrected chi connectivity index (χ1v) is 9.68. The molecule has 0 spiro atoms. The Balaban J connectivity index is 1.58. The lowest BCUT2D eigenvalue weighted by Gasteiger charge is -2.30. The first-order chi connectivity index (χ1) is 11.1. The number of nitrogens with zero attached hydrogens (tertiary/aromatic N) is 4. The Morgan fingerprint density at radius 3 is 2.65 bits per heavy atom. The molecule has 2 aliphatic rings. The molecule has 2 fully saturated rings. The van der Waals surface area contributed by atoms with Crippen molar-refractivity contribution in [1.29, 1.82) is 0 Å². The van der Waals surface area contributed by atoms with Gasteiger partial charge in [-0.05, 0) is 31.6 Å². The van der Waals surface area contributed by atoms with Gasteiger partial charge in [-0.1, -0.05) is 30.3 Å². The van der Waals surface area contributed by atoms with E-state index in [1.807, 2.05) is 11.0 Å². The van der Waals surface area contributed by atoms with E-state index in [0.29, 0.717) is 16.1 Å². The van der Waals surface area contributed by atoms with E-state index in [1.165, 1.54) is 24.6 Å². The van der Waals surface area contributed by atoms with Crippen LogP contribution < -0.4 is 4.90 Å². The zero-order chi connectivity index (χ0) is 16.2. The van der Waals surface area contributed by atoms with Gasteiger partial charge in [0.05, 0.1) is 5.75 Å². The summed E-state index contributed by atoms with van der Waals surface area (Å²) >= 11 is 7.51. The van der Waals surface area contributed by atoms with Crippen molar-refractivity contribution >= 4 is 35.1 Å². The number of carbonyl (C=O) groups is 1. The van der Waals surface area contributed by atoms with Gasteiger partial charge in [0, 0.05) is 32.2 Å². The van der Waals surface area contributed by atoms with Gasteiger partial charge in [0.1, 0.15) is 11.0 Å². The van der Waals surface area contributed by atoms with Crippen LogP contribution in [0.4, 0.5) is 5.82 Å². The van der Waals surface area contributed by atoms with Gasteiger partial charge in [-0.15, -0.1) is 0 Å². The summed E-state index contributed by atoms with van der Waals surface area (Å²) in [7, 11) is 0. The number of rotatable bonds is 4. The van der Waals surface area contributed by atoms with Crippen LogP contribution in [-0.4, -0.2) is 52.7 Å². The number of halogens is 1. The molecular weight excluding hydrogens is 332 g/mol. The zero-order valence-corrected chi connectivity index (χ0v) is 15.1. The van der Waals surface area contributed by atoms with Crippen molar-refractivity contribution < 1.29 is 4.79 Å². The van der Waals surface area contributed by atoms with Crippen molar-refractivity contribution in [2.75, 3.05) is 36.8 Å². The Bertz CT molecular complexity index is 557. The molecule has 0 aromatic carbocycles. The number of piperidine rings is 1. The highest BCUT2D eigenvalue weighted by atomic mass is 35.5. The number of likely N-dealkylation sites (tertiary alicyclic amines) is 1. The number of aromatic nitrogens is 2. The average molecular weight is 355 g/mol. The van der Waals surface area contributed by atoms with E-state index in [0.717, 1.165) is 50.8 Å². The number of carbonyl (C=O) groups excluding carboxylic acids is 1. The summed E-state index contributed by atoms with van der Waals surface area (Å²) in [5, 5.41) is 1.04. The van der Waals surface area contributed by atoms with Gasteiger partial charge in [0.25, 0.3) is 0 Å². The maximum absolute atomic E-state index is 12.3. The first kappa shape index (κ1) is 16.8. The van der Waals surface area contributed by atoms with E-state index in [1.54, 1.807) is 0 Å².